The summed E-state index contributed by atoms with van der Waals surface area (Å²) in [6.45, 7) is 4.29. The molecule has 1 heterocycles. The molecular weight excluding hydrogens is 344 g/mol. The molecule has 2 N–H and O–H groups in total. The fourth-order valence-corrected chi connectivity index (χ4v) is 4.34. The second-order valence-electron chi connectivity index (χ2n) is 7.28. The van der Waals surface area contributed by atoms with E-state index < -0.39 is 17.8 Å². The number of nitrogens with zero attached hydrogens (tertiary/aromatic N) is 1. The normalized spacial score (nSPS) is 24.6. The van der Waals surface area contributed by atoms with Crippen molar-refractivity contribution < 1.29 is 19.5 Å². The van der Waals surface area contributed by atoms with Gasteiger partial charge in [0, 0.05) is 13.1 Å². The van der Waals surface area contributed by atoms with Crippen LogP contribution in [-0.4, -0.2) is 40.9 Å². The first-order chi connectivity index (χ1) is 13.0. The van der Waals surface area contributed by atoms with Crippen molar-refractivity contribution in [3.8, 4) is 0 Å². The standard InChI is InChI=1S/C21H26N2O4/c1-2-19(24)22-13-18-15-8-4-3-7-14(15)11-12-23(18)20(25)16-9-5-6-10-17(16)21(26)27/h2-4,7-8,16-18H,1,5-6,9-13H2,(H,22,24)(H,26,27)/t16-,17+,18-/m1/s1. The van der Waals surface area contributed by atoms with Crippen LogP contribution in [0.3, 0.4) is 0 Å². The molecule has 1 aromatic rings. The molecule has 1 fully saturated rings. The lowest BCUT2D eigenvalue weighted by Crippen LogP contribution is -2.49. The predicted molar refractivity (Wildman–Crippen MR) is 101 cm³/mol. The molecule has 0 aromatic heterocycles. The summed E-state index contributed by atoms with van der Waals surface area (Å²) < 4.78 is 0. The predicted octanol–water partition coefficient (Wildman–Crippen LogP) is 2.31. The van der Waals surface area contributed by atoms with Crippen LogP contribution in [0.1, 0.15) is 42.9 Å². The highest BCUT2D eigenvalue weighted by Crippen LogP contribution is 2.36. The number of hydrogen-bond donors (Lipinski definition) is 2. The highest BCUT2D eigenvalue weighted by molar-refractivity contribution is 5.87. The molecule has 6 heteroatoms. The SMILES string of the molecule is C=CC(=O)NC[C@@H]1c2ccccc2CCN1C(=O)[C@@H]1CCCC[C@@H]1C(=O)O. The van der Waals surface area contributed by atoms with E-state index in [4.69, 9.17) is 0 Å². The third kappa shape index (κ3) is 4.04. The lowest BCUT2D eigenvalue weighted by molar-refractivity contribution is -0.153. The van der Waals surface area contributed by atoms with Crippen molar-refractivity contribution in [3.63, 3.8) is 0 Å². The number of amides is 2. The van der Waals surface area contributed by atoms with Crippen molar-refractivity contribution in [2.75, 3.05) is 13.1 Å². The number of carbonyl (C=O) groups excluding carboxylic acids is 2. The quantitative estimate of drug-likeness (QED) is 0.779. The summed E-state index contributed by atoms with van der Waals surface area (Å²) in [6, 6.07) is 7.63. The molecule has 27 heavy (non-hydrogen) atoms. The molecule has 2 amide bonds. The molecular formula is C21H26N2O4. The van der Waals surface area contributed by atoms with Gasteiger partial charge in [-0.3, -0.25) is 14.4 Å². The zero-order valence-corrected chi connectivity index (χ0v) is 15.4. The zero-order chi connectivity index (χ0) is 19.4. The second kappa shape index (κ2) is 8.37. The van der Waals surface area contributed by atoms with Crippen LogP contribution >= 0.6 is 0 Å². The Bertz CT molecular complexity index is 745. The highest BCUT2D eigenvalue weighted by Gasteiger charge is 2.41. The fraction of sp³-hybridized carbons (Fsp3) is 0.476. The molecule has 6 nitrogen and oxygen atoms in total. The lowest BCUT2D eigenvalue weighted by atomic mass is 9.77. The van der Waals surface area contributed by atoms with Crippen molar-refractivity contribution in [2.45, 2.75) is 38.1 Å². The van der Waals surface area contributed by atoms with Crippen LogP contribution in [0.2, 0.25) is 0 Å². The van der Waals surface area contributed by atoms with Crippen molar-refractivity contribution in [1.82, 2.24) is 10.2 Å². The third-order valence-electron chi connectivity index (χ3n) is 5.75. The van der Waals surface area contributed by atoms with Gasteiger partial charge in [-0.15, -0.1) is 0 Å². The monoisotopic (exact) mass is 370 g/mol. The number of carbonyl (C=O) groups is 3. The average molecular weight is 370 g/mol. The van der Waals surface area contributed by atoms with Crippen LogP contribution in [0, 0.1) is 11.8 Å². The molecule has 2 aliphatic rings. The van der Waals surface area contributed by atoms with Gasteiger partial charge in [-0.1, -0.05) is 43.7 Å². The summed E-state index contributed by atoms with van der Waals surface area (Å²) >= 11 is 0. The molecule has 0 radical (unpaired) electrons. The average Bonchev–Trinajstić information content (AvgIpc) is 2.70. The Balaban J connectivity index is 1.87. The minimum Gasteiger partial charge on any atom is -0.481 e. The minimum absolute atomic E-state index is 0.102. The molecule has 1 saturated carbocycles. The van der Waals surface area contributed by atoms with Gasteiger partial charge in [0.25, 0.3) is 0 Å². The first kappa shape index (κ1) is 19.1. The maximum atomic E-state index is 13.3. The van der Waals surface area contributed by atoms with E-state index in [1.807, 2.05) is 24.3 Å². The first-order valence-corrected chi connectivity index (χ1v) is 9.54. The number of hydrogen-bond acceptors (Lipinski definition) is 3. The smallest absolute Gasteiger partial charge is 0.307 e. The molecule has 0 bridgehead atoms. The van der Waals surface area contributed by atoms with Gasteiger partial charge < -0.3 is 15.3 Å². The Morgan fingerprint density at radius 3 is 2.59 bits per heavy atom. The number of carboxylic acids is 1. The van der Waals surface area contributed by atoms with Crippen molar-refractivity contribution in [3.05, 3.63) is 48.0 Å². The van der Waals surface area contributed by atoms with Crippen LogP contribution < -0.4 is 5.32 Å². The molecule has 3 atom stereocenters. The van der Waals surface area contributed by atoms with E-state index in [1.54, 1.807) is 4.90 Å². The van der Waals surface area contributed by atoms with Gasteiger partial charge >= 0.3 is 5.97 Å². The Hall–Kier alpha value is -2.63. The van der Waals surface area contributed by atoms with E-state index in [0.717, 1.165) is 30.4 Å². The van der Waals surface area contributed by atoms with Gasteiger partial charge in [-0.25, -0.2) is 0 Å². The number of benzene rings is 1. The Labute approximate surface area is 159 Å². The van der Waals surface area contributed by atoms with Crippen LogP contribution in [0.25, 0.3) is 0 Å². The number of nitrogens with one attached hydrogen (secondary N) is 1. The lowest BCUT2D eigenvalue weighted by Gasteiger charge is -2.41. The van der Waals surface area contributed by atoms with Crippen LogP contribution in [0.5, 0.6) is 0 Å². The van der Waals surface area contributed by atoms with E-state index in [-0.39, 0.29) is 24.4 Å². The summed E-state index contributed by atoms with van der Waals surface area (Å²) in [5.41, 5.74) is 2.18. The second-order valence-corrected chi connectivity index (χ2v) is 7.28. The molecule has 3 rings (SSSR count). The minimum atomic E-state index is -0.887. The Morgan fingerprint density at radius 1 is 1.19 bits per heavy atom. The molecule has 1 aromatic carbocycles. The van der Waals surface area contributed by atoms with Gasteiger partial charge in [0.1, 0.15) is 0 Å². The maximum absolute atomic E-state index is 13.3. The van der Waals surface area contributed by atoms with Gasteiger partial charge in [0.15, 0.2) is 0 Å². The molecule has 0 unspecified atom stereocenters. The van der Waals surface area contributed by atoms with Crippen LogP contribution in [0.15, 0.2) is 36.9 Å². The van der Waals surface area contributed by atoms with Crippen LogP contribution in [-0.2, 0) is 20.8 Å². The van der Waals surface area contributed by atoms with Crippen molar-refractivity contribution in [1.29, 1.82) is 0 Å². The summed E-state index contributed by atoms with van der Waals surface area (Å²) in [5, 5.41) is 12.3. The van der Waals surface area contributed by atoms with Gasteiger partial charge in [-0.05, 0) is 36.5 Å². The summed E-state index contributed by atoms with van der Waals surface area (Å²) in [6.07, 6.45) is 4.83. The topological polar surface area (TPSA) is 86.7 Å². The number of carboxylic acid groups (broad SMARTS) is 1. The number of fused-ring (bicyclic) bond motifs is 1. The molecule has 144 valence electrons. The van der Waals surface area contributed by atoms with E-state index >= 15 is 0 Å². The summed E-state index contributed by atoms with van der Waals surface area (Å²) in [5.74, 6) is -2.38. The van der Waals surface area contributed by atoms with E-state index in [9.17, 15) is 19.5 Å². The Kier molecular flexibility index (Phi) is 5.94. The first-order valence-electron chi connectivity index (χ1n) is 9.54. The van der Waals surface area contributed by atoms with Gasteiger partial charge in [0.2, 0.25) is 11.8 Å². The molecule has 0 saturated heterocycles. The van der Waals surface area contributed by atoms with E-state index in [1.165, 1.54) is 6.08 Å². The maximum Gasteiger partial charge on any atom is 0.307 e. The summed E-state index contributed by atoms with van der Waals surface area (Å²) in [4.78, 5) is 38.4. The van der Waals surface area contributed by atoms with E-state index in [2.05, 4.69) is 11.9 Å². The molecule has 1 aliphatic carbocycles. The number of rotatable bonds is 5. The van der Waals surface area contributed by atoms with Gasteiger partial charge in [0.05, 0.1) is 17.9 Å². The highest BCUT2D eigenvalue weighted by atomic mass is 16.4. The van der Waals surface area contributed by atoms with Crippen molar-refractivity contribution in [2.24, 2.45) is 11.8 Å². The fourth-order valence-electron chi connectivity index (χ4n) is 4.34. The van der Waals surface area contributed by atoms with Crippen molar-refractivity contribution >= 4 is 17.8 Å². The van der Waals surface area contributed by atoms with E-state index in [0.29, 0.717) is 19.4 Å². The molecule has 0 spiro atoms. The van der Waals surface area contributed by atoms with Gasteiger partial charge in [-0.2, -0.15) is 0 Å². The largest absolute Gasteiger partial charge is 0.481 e. The van der Waals surface area contributed by atoms with Crippen LogP contribution in [0.4, 0.5) is 0 Å². The Morgan fingerprint density at radius 2 is 1.89 bits per heavy atom. The third-order valence-corrected chi connectivity index (χ3v) is 5.75. The molecule has 1 aliphatic heterocycles. The summed E-state index contributed by atoms with van der Waals surface area (Å²) in [7, 11) is 0. The number of aliphatic carboxylic acids is 1. The zero-order valence-electron chi connectivity index (χ0n) is 15.4.